The topological polar surface area (TPSA) is 64.3 Å². The molecule has 1 heterocycles. The Morgan fingerprint density at radius 3 is 3.08 bits per heavy atom. The minimum Gasteiger partial charge on any atom is -0.465 e. The molecule has 5 heteroatoms. The number of nitrogens with one attached hydrogen (secondary N) is 1. The van der Waals surface area contributed by atoms with Gasteiger partial charge in [-0.2, -0.15) is 0 Å². The molecule has 3 N–H and O–H groups in total. The molecule has 0 aliphatic carbocycles. The van der Waals surface area contributed by atoms with E-state index in [9.17, 15) is 4.79 Å². The van der Waals surface area contributed by atoms with E-state index in [1.165, 1.54) is 18.4 Å². The molecule has 0 aliphatic heterocycles. The standard InChI is InChI=1S/C7H10N2O2S/c1-11-7(10)6-3-2-5(12-6)4-9-8/h2-3,9H,4,8H2,1H3. The second-order valence-corrected chi connectivity index (χ2v) is 3.31. The zero-order chi connectivity index (χ0) is 8.97. The number of hydrogen-bond donors (Lipinski definition) is 2. The Morgan fingerprint density at radius 2 is 2.50 bits per heavy atom. The highest BCUT2D eigenvalue weighted by Crippen LogP contribution is 2.16. The average molecular weight is 186 g/mol. The minimum absolute atomic E-state index is 0.303. The van der Waals surface area contributed by atoms with Gasteiger partial charge in [0.15, 0.2) is 0 Å². The molecule has 0 atom stereocenters. The SMILES string of the molecule is COC(=O)c1ccc(CNN)s1. The monoisotopic (exact) mass is 186 g/mol. The van der Waals surface area contributed by atoms with E-state index in [4.69, 9.17) is 5.84 Å². The van der Waals surface area contributed by atoms with Crippen LogP contribution in [0.5, 0.6) is 0 Å². The van der Waals surface area contributed by atoms with Gasteiger partial charge in [0.1, 0.15) is 4.88 Å². The Morgan fingerprint density at radius 1 is 1.75 bits per heavy atom. The van der Waals surface area contributed by atoms with E-state index < -0.39 is 0 Å². The molecule has 1 aromatic rings. The predicted molar refractivity (Wildman–Crippen MR) is 46.7 cm³/mol. The molecule has 4 nitrogen and oxygen atoms in total. The third kappa shape index (κ3) is 2.04. The minimum atomic E-state index is -0.303. The molecule has 0 aromatic carbocycles. The van der Waals surface area contributed by atoms with E-state index >= 15 is 0 Å². The molecule has 0 fully saturated rings. The highest BCUT2D eigenvalue weighted by atomic mass is 32.1. The number of hydrogen-bond acceptors (Lipinski definition) is 5. The van der Waals surface area contributed by atoms with Crippen LogP contribution in [0.25, 0.3) is 0 Å². The number of ether oxygens (including phenoxy) is 1. The van der Waals surface area contributed by atoms with Gasteiger partial charge in [0.2, 0.25) is 0 Å². The molecular formula is C7H10N2O2S. The number of thiophene rings is 1. The van der Waals surface area contributed by atoms with Crippen molar-refractivity contribution >= 4 is 17.3 Å². The number of nitrogens with two attached hydrogens (primary N) is 1. The largest absolute Gasteiger partial charge is 0.465 e. The van der Waals surface area contributed by atoms with Crippen LogP contribution < -0.4 is 11.3 Å². The normalized spacial score (nSPS) is 9.83. The summed E-state index contributed by atoms with van der Waals surface area (Å²) in [7, 11) is 1.36. The van der Waals surface area contributed by atoms with Crippen molar-refractivity contribution < 1.29 is 9.53 Å². The summed E-state index contributed by atoms with van der Waals surface area (Å²) in [6, 6.07) is 3.57. The predicted octanol–water partition coefficient (Wildman–Crippen LogP) is 0.498. The van der Waals surface area contributed by atoms with Gasteiger partial charge >= 0.3 is 5.97 Å². The van der Waals surface area contributed by atoms with Crippen molar-refractivity contribution in [1.29, 1.82) is 0 Å². The average Bonchev–Trinajstić information content (AvgIpc) is 2.52. The second-order valence-electron chi connectivity index (χ2n) is 2.14. The van der Waals surface area contributed by atoms with Gasteiger partial charge in [0, 0.05) is 11.4 Å². The van der Waals surface area contributed by atoms with Crippen molar-refractivity contribution in [2.24, 2.45) is 5.84 Å². The summed E-state index contributed by atoms with van der Waals surface area (Å²) in [5.74, 6) is 4.82. The fourth-order valence-electron chi connectivity index (χ4n) is 0.784. The third-order valence-electron chi connectivity index (χ3n) is 1.32. The second kappa shape index (κ2) is 4.20. The number of carbonyl (C=O) groups is 1. The van der Waals surface area contributed by atoms with E-state index in [1.807, 2.05) is 6.07 Å². The molecule has 0 saturated carbocycles. The number of hydrazine groups is 1. The van der Waals surface area contributed by atoms with Gasteiger partial charge in [-0.1, -0.05) is 0 Å². The van der Waals surface area contributed by atoms with Gasteiger partial charge < -0.3 is 4.74 Å². The van der Waals surface area contributed by atoms with Gasteiger partial charge in [0.05, 0.1) is 7.11 Å². The summed E-state index contributed by atoms with van der Waals surface area (Å²) in [5, 5.41) is 0. The molecule has 1 rings (SSSR count). The van der Waals surface area contributed by atoms with Gasteiger partial charge in [-0.3, -0.25) is 11.3 Å². The van der Waals surface area contributed by atoms with Crippen LogP contribution >= 0.6 is 11.3 Å². The lowest BCUT2D eigenvalue weighted by Crippen LogP contribution is -2.19. The fourth-order valence-corrected chi connectivity index (χ4v) is 1.66. The first-order chi connectivity index (χ1) is 5.77. The van der Waals surface area contributed by atoms with Crippen LogP contribution in [-0.4, -0.2) is 13.1 Å². The molecule has 0 amide bonds. The quantitative estimate of drug-likeness (QED) is 0.410. The molecule has 1 aromatic heterocycles. The van der Waals surface area contributed by atoms with Crippen molar-refractivity contribution in [3.63, 3.8) is 0 Å². The van der Waals surface area contributed by atoms with Gasteiger partial charge in [-0.05, 0) is 12.1 Å². The summed E-state index contributed by atoms with van der Waals surface area (Å²) in [6.45, 7) is 0.571. The summed E-state index contributed by atoms with van der Waals surface area (Å²) < 4.78 is 4.55. The first-order valence-electron chi connectivity index (χ1n) is 3.38. The van der Waals surface area contributed by atoms with Crippen molar-refractivity contribution in [2.45, 2.75) is 6.54 Å². The van der Waals surface area contributed by atoms with E-state index in [-0.39, 0.29) is 5.97 Å². The Bertz CT molecular complexity index is 272. The molecule has 12 heavy (non-hydrogen) atoms. The van der Waals surface area contributed by atoms with Crippen LogP contribution in [0.2, 0.25) is 0 Å². The van der Waals surface area contributed by atoms with Crippen LogP contribution in [0.1, 0.15) is 14.5 Å². The Kier molecular flexibility index (Phi) is 3.21. The maximum Gasteiger partial charge on any atom is 0.348 e. The third-order valence-corrected chi connectivity index (χ3v) is 2.39. The Labute approximate surface area is 74.3 Å². The molecule has 0 spiro atoms. The number of esters is 1. The Hall–Kier alpha value is -0.910. The molecule has 0 unspecified atom stereocenters. The van der Waals surface area contributed by atoms with E-state index in [0.29, 0.717) is 11.4 Å². The lowest BCUT2D eigenvalue weighted by atomic mass is 10.4. The smallest absolute Gasteiger partial charge is 0.348 e. The number of carbonyl (C=O) groups excluding carboxylic acids is 1. The maximum atomic E-state index is 11.0. The highest BCUT2D eigenvalue weighted by molar-refractivity contribution is 7.13. The summed E-state index contributed by atoms with van der Waals surface area (Å²) >= 11 is 1.37. The first-order valence-corrected chi connectivity index (χ1v) is 4.20. The lowest BCUT2D eigenvalue weighted by Gasteiger charge is -1.93. The van der Waals surface area contributed by atoms with Gasteiger partial charge in [0.25, 0.3) is 0 Å². The van der Waals surface area contributed by atoms with Gasteiger partial charge in [-0.15, -0.1) is 11.3 Å². The van der Waals surface area contributed by atoms with Crippen molar-refractivity contribution in [2.75, 3.05) is 7.11 Å². The summed E-state index contributed by atoms with van der Waals surface area (Å²) in [5.41, 5.74) is 2.51. The first kappa shape index (κ1) is 9.18. The molecule has 0 bridgehead atoms. The fraction of sp³-hybridized carbons (Fsp3) is 0.286. The zero-order valence-corrected chi connectivity index (χ0v) is 7.48. The van der Waals surface area contributed by atoms with Crippen molar-refractivity contribution in [3.8, 4) is 0 Å². The molecule has 0 aliphatic rings. The van der Waals surface area contributed by atoms with E-state index in [2.05, 4.69) is 10.2 Å². The van der Waals surface area contributed by atoms with Crippen LogP contribution in [0.15, 0.2) is 12.1 Å². The van der Waals surface area contributed by atoms with Crippen LogP contribution in [0.4, 0.5) is 0 Å². The zero-order valence-electron chi connectivity index (χ0n) is 6.66. The Balaban J connectivity index is 2.70. The number of methoxy groups -OCH3 is 1. The molecular weight excluding hydrogens is 176 g/mol. The van der Waals surface area contributed by atoms with Crippen molar-refractivity contribution in [1.82, 2.24) is 5.43 Å². The van der Waals surface area contributed by atoms with E-state index in [0.717, 1.165) is 4.88 Å². The number of rotatable bonds is 3. The van der Waals surface area contributed by atoms with Crippen LogP contribution in [-0.2, 0) is 11.3 Å². The summed E-state index contributed by atoms with van der Waals surface area (Å²) in [6.07, 6.45) is 0. The van der Waals surface area contributed by atoms with Gasteiger partial charge in [-0.25, -0.2) is 4.79 Å². The maximum absolute atomic E-state index is 11.0. The van der Waals surface area contributed by atoms with E-state index in [1.54, 1.807) is 6.07 Å². The highest BCUT2D eigenvalue weighted by Gasteiger charge is 2.07. The van der Waals surface area contributed by atoms with Crippen LogP contribution in [0, 0.1) is 0 Å². The molecule has 66 valence electrons. The summed E-state index contributed by atoms with van der Waals surface area (Å²) in [4.78, 5) is 12.6. The lowest BCUT2D eigenvalue weighted by molar-refractivity contribution is 0.0606. The molecule has 0 radical (unpaired) electrons. The van der Waals surface area contributed by atoms with Crippen LogP contribution in [0.3, 0.4) is 0 Å². The molecule has 0 saturated heterocycles. The van der Waals surface area contributed by atoms with Crippen molar-refractivity contribution in [3.05, 3.63) is 21.9 Å².